The van der Waals surface area contributed by atoms with Crippen molar-refractivity contribution in [2.24, 2.45) is 0 Å². The van der Waals surface area contributed by atoms with E-state index in [1.807, 2.05) is 86.5 Å². The van der Waals surface area contributed by atoms with Crippen LogP contribution in [0.15, 0.2) is 58.8 Å². The van der Waals surface area contributed by atoms with Crippen LogP contribution in [0.5, 0.6) is 0 Å². The first kappa shape index (κ1) is 30.4. The molecule has 0 bridgehead atoms. The molecular formula is C20H22AuN12S4+. The van der Waals surface area contributed by atoms with Gasteiger partial charge in [-0.25, -0.2) is 9.36 Å². The smallest absolute Gasteiger partial charge is 0.738 e. The standard InChI is InChI=1S/2C10H12N6S2.Au/c2*1-15(2)9(17)11-7-4-3-5-8(6-7)16-10(18)12-13-14-16;/h2*3-6H,1-2H3,(H,11,17)(H,12,14,18);/q;;+3/p-2. The van der Waals surface area contributed by atoms with Gasteiger partial charge in [0.15, 0.2) is 10.2 Å². The second-order valence-corrected chi connectivity index (χ2v) is 9.00. The number of benzene rings is 2. The van der Waals surface area contributed by atoms with Gasteiger partial charge in [0.2, 0.25) is 0 Å². The minimum atomic E-state index is 0. The summed E-state index contributed by atoms with van der Waals surface area (Å²) < 4.78 is 2.97. The molecule has 0 saturated heterocycles. The van der Waals surface area contributed by atoms with Gasteiger partial charge in [-0.1, -0.05) is 12.1 Å². The van der Waals surface area contributed by atoms with Crippen molar-refractivity contribution >= 4 is 71.3 Å². The number of nitrogens with zero attached hydrogens (tertiary/aromatic N) is 10. The Bertz CT molecular complexity index is 1240. The minimum Gasteiger partial charge on any atom is -0.738 e. The predicted molar refractivity (Wildman–Crippen MR) is 149 cm³/mol. The quantitative estimate of drug-likeness (QED) is 0.179. The first-order valence-corrected chi connectivity index (χ1v) is 11.9. The van der Waals surface area contributed by atoms with Crippen LogP contribution < -0.4 is 10.6 Å². The van der Waals surface area contributed by atoms with Crippen LogP contribution in [-0.2, 0) is 47.6 Å². The van der Waals surface area contributed by atoms with E-state index < -0.39 is 0 Å². The Kier molecular flexibility index (Phi) is 11.6. The Morgan fingerprint density at radius 1 is 0.730 bits per heavy atom. The molecule has 0 aliphatic heterocycles. The average molecular weight is 756 g/mol. The number of anilines is 2. The SMILES string of the molecule is CN(C)C(=S)Nc1cccc(-n2nnnc2[S-])c1.CN(C)C(=S)Nc1cccc(-n2nnnc2[S-])c1.[Au+3]. The molecule has 0 aliphatic carbocycles. The summed E-state index contributed by atoms with van der Waals surface area (Å²) in [6.45, 7) is 0. The van der Waals surface area contributed by atoms with E-state index in [0.29, 0.717) is 20.5 Å². The number of nitrogens with one attached hydrogen (secondary N) is 2. The van der Waals surface area contributed by atoms with Gasteiger partial charge >= 0.3 is 22.4 Å². The molecule has 2 aromatic heterocycles. The van der Waals surface area contributed by atoms with Crippen molar-refractivity contribution < 1.29 is 22.4 Å². The topological polar surface area (TPSA) is 118 Å². The molecular weight excluding hydrogens is 734 g/mol. The summed E-state index contributed by atoms with van der Waals surface area (Å²) in [5.74, 6) is 0. The number of hydrogen-bond acceptors (Lipinski definition) is 10. The van der Waals surface area contributed by atoms with Crippen LogP contribution in [-0.4, -0.2) is 88.6 Å². The summed E-state index contributed by atoms with van der Waals surface area (Å²) in [6.07, 6.45) is 0. The molecule has 196 valence electrons. The van der Waals surface area contributed by atoms with Crippen molar-refractivity contribution in [3.05, 3.63) is 48.5 Å². The largest absolute Gasteiger partial charge is 3.00 e. The van der Waals surface area contributed by atoms with Gasteiger partial charge in [0.05, 0.1) is 11.4 Å². The minimum absolute atomic E-state index is 0. The molecule has 0 unspecified atom stereocenters. The van der Waals surface area contributed by atoms with Crippen molar-refractivity contribution in [3.8, 4) is 11.4 Å². The Hall–Kier alpha value is -2.86. The second kappa shape index (κ2) is 14.2. The van der Waals surface area contributed by atoms with Gasteiger partial charge < -0.3 is 45.7 Å². The summed E-state index contributed by atoms with van der Waals surface area (Å²) in [7, 11) is 7.51. The third-order valence-electron chi connectivity index (χ3n) is 4.38. The molecule has 4 rings (SSSR count). The fraction of sp³-hybridized carbons (Fsp3) is 0.200. The maximum Gasteiger partial charge on any atom is 3.00 e. The van der Waals surface area contributed by atoms with Crippen LogP contribution in [0.2, 0.25) is 0 Å². The van der Waals surface area contributed by atoms with Gasteiger partial charge in [0, 0.05) is 49.9 Å². The van der Waals surface area contributed by atoms with E-state index in [0.717, 1.165) is 22.7 Å². The summed E-state index contributed by atoms with van der Waals surface area (Å²) in [6, 6.07) is 15.1. The van der Waals surface area contributed by atoms with Gasteiger partial charge in [0.1, 0.15) is 0 Å². The third-order valence-corrected chi connectivity index (χ3v) is 5.82. The van der Waals surface area contributed by atoms with Crippen LogP contribution in [0.1, 0.15) is 0 Å². The summed E-state index contributed by atoms with van der Waals surface area (Å²) >= 11 is 20.4. The van der Waals surface area contributed by atoms with Crippen LogP contribution in [0.4, 0.5) is 11.4 Å². The predicted octanol–water partition coefficient (Wildman–Crippen LogP) is 1.65. The Morgan fingerprint density at radius 3 is 1.41 bits per heavy atom. The summed E-state index contributed by atoms with van der Waals surface area (Å²) in [4.78, 5) is 3.63. The summed E-state index contributed by atoms with van der Waals surface area (Å²) in [5, 5.41) is 30.1. The zero-order valence-electron chi connectivity index (χ0n) is 20.0. The van der Waals surface area contributed by atoms with Gasteiger partial charge in [-0.2, -0.15) is 0 Å². The zero-order chi connectivity index (χ0) is 26.2. The summed E-state index contributed by atoms with van der Waals surface area (Å²) in [5.41, 5.74) is 3.29. The van der Waals surface area contributed by atoms with E-state index in [2.05, 4.69) is 41.7 Å². The number of hydrogen-bond donors (Lipinski definition) is 2. The van der Waals surface area contributed by atoms with Crippen molar-refractivity contribution in [2.45, 2.75) is 10.3 Å². The van der Waals surface area contributed by atoms with Crippen LogP contribution >= 0.6 is 24.4 Å². The van der Waals surface area contributed by atoms with E-state index in [-0.39, 0.29) is 22.4 Å². The Labute approximate surface area is 251 Å². The molecule has 4 aromatic rings. The molecule has 0 radical (unpaired) electrons. The average Bonchev–Trinajstić information content (AvgIpc) is 3.47. The van der Waals surface area contributed by atoms with E-state index >= 15 is 0 Å². The molecule has 0 atom stereocenters. The zero-order valence-corrected chi connectivity index (χ0v) is 25.5. The van der Waals surface area contributed by atoms with Crippen molar-refractivity contribution in [1.29, 1.82) is 0 Å². The normalized spacial score (nSPS) is 9.84. The van der Waals surface area contributed by atoms with Gasteiger partial charge in [-0.3, -0.25) is 0 Å². The van der Waals surface area contributed by atoms with Gasteiger partial charge in [-0.15, -0.1) is 10.2 Å². The molecule has 2 N–H and O–H groups in total. The second-order valence-electron chi connectivity index (χ2n) is 7.50. The first-order chi connectivity index (χ1) is 17.2. The molecule has 37 heavy (non-hydrogen) atoms. The molecule has 12 nitrogen and oxygen atoms in total. The molecule has 0 fully saturated rings. The molecule has 2 heterocycles. The van der Waals surface area contributed by atoms with E-state index in [4.69, 9.17) is 49.7 Å². The monoisotopic (exact) mass is 755 g/mol. The molecule has 0 spiro atoms. The maximum atomic E-state index is 5.18. The van der Waals surface area contributed by atoms with Gasteiger partial charge in [-0.05, 0) is 81.7 Å². The number of rotatable bonds is 4. The van der Waals surface area contributed by atoms with Crippen LogP contribution in [0.3, 0.4) is 0 Å². The fourth-order valence-corrected chi connectivity index (χ4v) is 3.18. The van der Waals surface area contributed by atoms with Crippen LogP contribution in [0, 0.1) is 0 Å². The van der Waals surface area contributed by atoms with Gasteiger partial charge in [0.25, 0.3) is 0 Å². The van der Waals surface area contributed by atoms with E-state index in [9.17, 15) is 0 Å². The molecule has 0 amide bonds. The van der Waals surface area contributed by atoms with Crippen molar-refractivity contribution in [2.75, 3.05) is 38.8 Å². The Morgan fingerprint density at radius 2 is 1.11 bits per heavy atom. The first-order valence-electron chi connectivity index (χ1n) is 10.2. The third kappa shape index (κ3) is 8.60. The number of aromatic nitrogens is 8. The van der Waals surface area contributed by atoms with E-state index in [1.165, 1.54) is 9.36 Å². The number of tetrazole rings is 2. The van der Waals surface area contributed by atoms with Crippen molar-refractivity contribution in [1.82, 2.24) is 50.2 Å². The van der Waals surface area contributed by atoms with Crippen LogP contribution in [0.25, 0.3) is 11.4 Å². The van der Waals surface area contributed by atoms with E-state index in [1.54, 1.807) is 0 Å². The maximum absolute atomic E-state index is 5.18. The molecule has 2 aromatic carbocycles. The molecule has 0 saturated carbocycles. The fourth-order valence-electron chi connectivity index (χ4n) is 2.58. The Balaban J connectivity index is 0.000000253. The number of thiocarbonyl (C=S) groups is 2. The van der Waals surface area contributed by atoms with Crippen molar-refractivity contribution in [3.63, 3.8) is 0 Å². The molecule has 17 heteroatoms. The molecule has 0 aliphatic rings.